The van der Waals surface area contributed by atoms with Gasteiger partial charge in [0.15, 0.2) is 0 Å². The fourth-order valence-electron chi connectivity index (χ4n) is 10.3. The standard InChI is InChI=1S/C44H37BN2/c1-3-30-26-25-29(2)44(30)35-20-11-10-19-33(35)34-27-28-40-43(41(34)44)45-36-21-12-13-22-37(36)46(31-15-6-4-7-16-31)38-23-14-24-39(42(38)45)47(40)32-17-8-5-9-18-32/h4-24,27-30H,3,25-26H2,1-2H3. The number of hydrogen-bond acceptors (Lipinski definition) is 2. The first-order valence-electron chi connectivity index (χ1n) is 17.4. The quantitative estimate of drug-likeness (QED) is 0.185. The SMILES string of the molecule is CCC1CCC(C)C12c1ccccc1-c1ccc3c(c12)B1c2ccccc2N(c2ccccc2)c2cccc(c21)N3c1ccccc1. The summed E-state index contributed by atoms with van der Waals surface area (Å²) in [6, 6.07) is 52.4. The Kier molecular flexibility index (Phi) is 5.77. The topological polar surface area (TPSA) is 6.48 Å². The van der Waals surface area contributed by atoms with Gasteiger partial charge in [-0.2, -0.15) is 0 Å². The molecule has 2 aliphatic heterocycles. The van der Waals surface area contributed by atoms with Gasteiger partial charge in [0.05, 0.1) is 0 Å². The van der Waals surface area contributed by atoms with Crippen molar-refractivity contribution in [1.82, 2.24) is 0 Å². The van der Waals surface area contributed by atoms with E-state index in [4.69, 9.17) is 0 Å². The molecule has 6 aromatic rings. The molecule has 2 aliphatic carbocycles. The van der Waals surface area contributed by atoms with E-state index >= 15 is 0 Å². The average Bonchev–Trinajstić information content (AvgIpc) is 3.63. The van der Waals surface area contributed by atoms with Crippen molar-refractivity contribution in [2.24, 2.45) is 11.8 Å². The summed E-state index contributed by atoms with van der Waals surface area (Å²) in [7, 11) is 0. The van der Waals surface area contributed by atoms with Crippen LogP contribution in [0.2, 0.25) is 0 Å². The minimum Gasteiger partial charge on any atom is -0.311 e. The Morgan fingerprint density at radius 2 is 1.17 bits per heavy atom. The third-order valence-corrected chi connectivity index (χ3v) is 12.0. The number of rotatable bonds is 3. The summed E-state index contributed by atoms with van der Waals surface area (Å²) in [5, 5.41) is 0. The number of fused-ring (bicyclic) bond motifs is 10. The summed E-state index contributed by atoms with van der Waals surface area (Å²) in [5.41, 5.74) is 17.9. The molecule has 3 unspecified atom stereocenters. The molecule has 0 aromatic heterocycles. The Balaban J connectivity index is 1.37. The molecule has 3 heteroatoms. The van der Waals surface area contributed by atoms with Gasteiger partial charge in [0, 0.05) is 39.5 Å². The number of benzene rings is 6. The normalized spacial score (nSPS) is 21.3. The first kappa shape index (κ1) is 27.1. The maximum atomic E-state index is 2.57. The highest BCUT2D eigenvalue weighted by Gasteiger charge is 2.58. The molecule has 6 aromatic carbocycles. The molecule has 3 atom stereocenters. The van der Waals surface area contributed by atoms with E-state index in [2.05, 4.69) is 163 Å². The third-order valence-electron chi connectivity index (χ3n) is 12.0. The van der Waals surface area contributed by atoms with Crippen molar-refractivity contribution in [3.63, 3.8) is 0 Å². The van der Waals surface area contributed by atoms with E-state index in [0.717, 1.165) is 0 Å². The van der Waals surface area contributed by atoms with Gasteiger partial charge in [-0.25, -0.2) is 0 Å². The van der Waals surface area contributed by atoms with Crippen molar-refractivity contribution < 1.29 is 0 Å². The van der Waals surface area contributed by atoms with Gasteiger partial charge in [-0.3, -0.25) is 0 Å². The summed E-state index contributed by atoms with van der Waals surface area (Å²) >= 11 is 0. The molecule has 4 aliphatic rings. The lowest BCUT2D eigenvalue weighted by atomic mass is 9.32. The fraction of sp³-hybridized carbons (Fsp3) is 0.182. The first-order valence-corrected chi connectivity index (χ1v) is 17.4. The van der Waals surface area contributed by atoms with Gasteiger partial charge >= 0.3 is 0 Å². The lowest BCUT2D eigenvalue weighted by Crippen LogP contribution is -2.63. The molecule has 0 saturated heterocycles. The molecule has 226 valence electrons. The highest BCUT2D eigenvalue weighted by molar-refractivity contribution is 7.00. The Labute approximate surface area is 278 Å². The maximum Gasteiger partial charge on any atom is 0.252 e. The van der Waals surface area contributed by atoms with Crippen molar-refractivity contribution in [3.05, 3.63) is 151 Å². The van der Waals surface area contributed by atoms with E-state index in [1.807, 2.05) is 0 Å². The van der Waals surface area contributed by atoms with Gasteiger partial charge in [0.1, 0.15) is 0 Å². The molecule has 0 amide bonds. The van der Waals surface area contributed by atoms with Gasteiger partial charge in [0.2, 0.25) is 0 Å². The maximum absolute atomic E-state index is 2.57. The van der Waals surface area contributed by atoms with E-state index in [0.29, 0.717) is 11.8 Å². The minimum atomic E-state index is -0.00761. The summed E-state index contributed by atoms with van der Waals surface area (Å²) in [6.45, 7) is 5.10. The van der Waals surface area contributed by atoms with Crippen LogP contribution in [-0.4, -0.2) is 6.71 Å². The molecule has 2 nitrogen and oxygen atoms in total. The van der Waals surface area contributed by atoms with E-state index in [1.165, 1.54) is 80.9 Å². The molecule has 1 fully saturated rings. The lowest BCUT2D eigenvalue weighted by Gasteiger charge is -2.47. The summed E-state index contributed by atoms with van der Waals surface area (Å²) in [5.74, 6) is 1.16. The van der Waals surface area contributed by atoms with Crippen molar-refractivity contribution in [1.29, 1.82) is 0 Å². The zero-order valence-corrected chi connectivity index (χ0v) is 27.0. The highest BCUT2D eigenvalue weighted by atomic mass is 15.2. The van der Waals surface area contributed by atoms with Gasteiger partial charge in [-0.15, -0.1) is 0 Å². The highest BCUT2D eigenvalue weighted by Crippen LogP contribution is 2.63. The molecule has 0 bridgehead atoms. The van der Waals surface area contributed by atoms with E-state index in [9.17, 15) is 0 Å². The van der Waals surface area contributed by atoms with Crippen molar-refractivity contribution >= 4 is 57.2 Å². The second-order valence-corrected chi connectivity index (χ2v) is 14.0. The molecule has 10 rings (SSSR count). The van der Waals surface area contributed by atoms with Crippen LogP contribution >= 0.6 is 0 Å². The van der Waals surface area contributed by atoms with Crippen LogP contribution in [0.25, 0.3) is 11.1 Å². The van der Waals surface area contributed by atoms with Gasteiger partial charge < -0.3 is 9.80 Å². The monoisotopic (exact) mass is 604 g/mol. The molecule has 1 saturated carbocycles. The van der Waals surface area contributed by atoms with Crippen LogP contribution in [0.4, 0.5) is 34.1 Å². The van der Waals surface area contributed by atoms with Crippen LogP contribution < -0.4 is 26.2 Å². The average molecular weight is 605 g/mol. The molecular formula is C44H37BN2. The summed E-state index contributed by atoms with van der Waals surface area (Å²) < 4.78 is 0. The summed E-state index contributed by atoms with van der Waals surface area (Å²) in [4.78, 5) is 5.07. The predicted octanol–water partition coefficient (Wildman–Crippen LogP) is 9.49. The van der Waals surface area contributed by atoms with Gasteiger partial charge in [-0.1, -0.05) is 111 Å². The number of anilines is 6. The van der Waals surface area contributed by atoms with E-state index < -0.39 is 0 Å². The molecule has 47 heavy (non-hydrogen) atoms. The predicted molar refractivity (Wildman–Crippen MR) is 199 cm³/mol. The lowest BCUT2D eigenvalue weighted by molar-refractivity contribution is 0.313. The van der Waals surface area contributed by atoms with Crippen LogP contribution in [0.1, 0.15) is 44.2 Å². The molecular weight excluding hydrogens is 567 g/mol. The Morgan fingerprint density at radius 3 is 1.89 bits per heavy atom. The molecule has 2 heterocycles. The van der Waals surface area contributed by atoms with Crippen molar-refractivity contribution in [2.45, 2.75) is 38.5 Å². The van der Waals surface area contributed by atoms with E-state index in [-0.39, 0.29) is 12.1 Å². The Bertz CT molecular complexity index is 2180. The van der Waals surface area contributed by atoms with Crippen molar-refractivity contribution in [3.8, 4) is 11.1 Å². The van der Waals surface area contributed by atoms with Gasteiger partial charge in [0.25, 0.3) is 6.71 Å². The smallest absolute Gasteiger partial charge is 0.252 e. The second kappa shape index (κ2) is 9.99. The van der Waals surface area contributed by atoms with Gasteiger partial charge in [-0.05, 0) is 112 Å². The van der Waals surface area contributed by atoms with Crippen LogP contribution in [0, 0.1) is 11.8 Å². The molecule has 0 N–H and O–H groups in total. The van der Waals surface area contributed by atoms with Crippen LogP contribution in [0.15, 0.2) is 140 Å². The second-order valence-electron chi connectivity index (χ2n) is 14.0. The van der Waals surface area contributed by atoms with Crippen molar-refractivity contribution in [2.75, 3.05) is 9.80 Å². The Morgan fingerprint density at radius 1 is 0.574 bits per heavy atom. The fourth-order valence-corrected chi connectivity index (χ4v) is 10.3. The first-order chi connectivity index (χ1) is 23.2. The number of hydrogen-bond donors (Lipinski definition) is 0. The Hall–Kier alpha value is -5.02. The minimum absolute atomic E-state index is 0.00761. The zero-order valence-electron chi connectivity index (χ0n) is 27.0. The van der Waals surface area contributed by atoms with Crippen LogP contribution in [0.3, 0.4) is 0 Å². The molecule has 0 radical (unpaired) electrons. The number of para-hydroxylation sites is 3. The third kappa shape index (κ3) is 3.42. The summed E-state index contributed by atoms with van der Waals surface area (Å²) in [6.07, 6.45) is 3.74. The largest absolute Gasteiger partial charge is 0.311 e. The van der Waals surface area contributed by atoms with E-state index in [1.54, 1.807) is 11.1 Å². The molecule has 1 spiro atoms. The van der Waals surface area contributed by atoms with Crippen LogP contribution in [0.5, 0.6) is 0 Å². The van der Waals surface area contributed by atoms with Crippen LogP contribution in [-0.2, 0) is 5.41 Å². The zero-order chi connectivity index (χ0) is 31.3. The number of nitrogens with zero attached hydrogens (tertiary/aromatic N) is 2.